The standard InChI is InChI=1S/C21H30O/c1-4-5-6-9-12-19(2)13-10-7-8-11-14-20-15-17-21(22-3)18-16-20/h7,10-11,14-18H,2,4-6,8-9,12-13H2,1,3H3/b10-7-,14-11+. The minimum atomic E-state index is 0.898. The van der Waals surface area contributed by atoms with Crippen molar-refractivity contribution in [2.45, 2.75) is 51.9 Å². The molecule has 0 bridgehead atoms. The summed E-state index contributed by atoms with van der Waals surface area (Å²) < 4.78 is 5.15. The van der Waals surface area contributed by atoms with Crippen molar-refractivity contribution >= 4 is 6.08 Å². The Balaban J connectivity index is 2.17. The van der Waals surface area contributed by atoms with E-state index in [1.807, 2.05) is 12.1 Å². The number of benzene rings is 1. The van der Waals surface area contributed by atoms with E-state index >= 15 is 0 Å². The van der Waals surface area contributed by atoms with E-state index < -0.39 is 0 Å². The molecule has 0 N–H and O–H groups in total. The summed E-state index contributed by atoms with van der Waals surface area (Å²) >= 11 is 0. The molecule has 0 amide bonds. The Morgan fingerprint density at radius 2 is 1.82 bits per heavy atom. The molecule has 1 rings (SSSR count). The van der Waals surface area contributed by atoms with Gasteiger partial charge in [0.25, 0.3) is 0 Å². The summed E-state index contributed by atoms with van der Waals surface area (Å²) in [6, 6.07) is 8.10. The van der Waals surface area contributed by atoms with Crippen LogP contribution in [0.4, 0.5) is 0 Å². The molecule has 0 aliphatic carbocycles. The van der Waals surface area contributed by atoms with Crippen molar-refractivity contribution in [1.82, 2.24) is 0 Å². The predicted molar refractivity (Wildman–Crippen MR) is 98.3 cm³/mol. The number of allylic oxidation sites excluding steroid dienone is 4. The van der Waals surface area contributed by atoms with E-state index in [1.54, 1.807) is 7.11 Å². The number of ether oxygens (including phenoxy) is 1. The number of rotatable bonds is 11. The highest BCUT2D eigenvalue weighted by Crippen LogP contribution is 2.13. The number of hydrogen-bond acceptors (Lipinski definition) is 1. The van der Waals surface area contributed by atoms with Crippen molar-refractivity contribution in [2.75, 3.05) is 7.11 Å². The van der Waals surface area contributed by atoms with E-state index in [9.17, 15) is 0 Å². The molecule has 1 aromatic rings. The molecule has 0 unspecified atom stereocenters. The second-order valence-corrected chi connectivity index (χ2v) is 5.65. The highest BCUT2D eigenvalue weighted by Gasteiger charge is 1.92. The van der Waals surface area contributed by atoms with Crippen molar-refractivity contribution in [1.29, 1.82) is 0 Å². The molecular weight excluding hydrogens is 268 g/mol. The number of methoxy groups -OCH3 is 1. The summed E-state index contributed by atoms with van der Waals surface area (Å²) in [7, 11) is 1.69. The van der Waals surface area contributed by atoms with Crippen molar-refractivity contribution in [3.63, 3.8) is 0 Å². The van der Waals surface area contributed by atoms with Gasteiger partial charge >= 0.3 is 0 Å². The molecule has 1 heteroatoms. The highest BCUT2D eigenvalue weighted by molar-refractivity contribution is 5.50. The molecule has 0 aromatic heterocycles. The van der Waals surface area contributed by atoms with Gasteiger partial charge in [-0.05, 0) is 43.4 Å². The van der Waals surface area contributed by atoms with Crippen LogP contribution in [0.3, 0.4) is 0 Å². The van der Waals surface area contributed by atoms with Gasteiger partial charge in [-0.15, -0.1) is 0 Å². The molecule has 0 spiro atoms. The monoisotopic (exact) mass is 298 g/mol. The summed E-state index contributed by atoms with van der Waals surface area (Å²) in [5, 5.41) is 0. The van der Waals surface area contributed by atoms with E-state index in [0.29, 0.717) is 0 Å². The van der Waals surface area contributed by atoms with Crippen molar-refractivity contribution in [3.8, 4) is 5.75 Å². The number of hydrogen-bond donors (Lipinski definition) is 0. The van der Waals surface area contributed by atoms with E-state index in [4.69, 9.17) is 4.74 Å². The zero-order valence-corrected chi connectivity index (χ0v) is 14.2. The first-order valence-electron chi connectivity index (χ1n) is 8.38. The maximum Gasteiger partial charge on any atom is 0.118 e. The third-order valence-corrected chi connectivity index (χ3v) is 3.66. The molecule has 1 aromatic carbocycles. The molecule has 0 aliphatic heterocycles. The average Bonchev–Trinajstić information content (AvgIpc) is 2.55. The van der Waals surface area contributed by atoms with E-state index in [0.717, 1.165) is 18.6 Å². The van der Waals surface area contributed by atoms with Gasteiger partial charge in [0.05, 0.1) is 7.11 Å². The minimum absolute atomic E-state index is 0.898. The van der Waals surface area contributed by atoms with Gasteiger partial charge in [-0.2, -0.15) is 0 Å². The van der Waals surface area contributed by atoms with Gasteiger partial charge < -0.3 is 4.74 Å². The van der Waals surface area contributed by atoms with Crippen molar-refractivity contribution in [3.05, 3.63) is 60.2 Å². The fourth-order valence-electron chi connectivity index (χ4n) is 2.25. The molecule has 1 nitrogen and oxygen atoms in total. The molecule has 0 aliphatic rings. The normalized spacial score (nSPS) is 11.4. The van der Waals surface area contributed by atoms with Crippen LogP contribution in [0.25, 0.3) is 6.08 Å². The summed E-state index contributed by atoms with van der Waals surface area (Å²) in [5.74, 6) is 0.898. The SMILES string of the molecule is C=C(C/C=C\C/C=C/c1ccc(OC)cc1)CCCCCC. The summed E-state index contributed by atoms with van der Waals surface area (Å²) in [6.45, 7) is 6.40. The van der Waals surface area contributed by atoms with Gasteiger partial charge in [-0.25, -0.2) is 0 Å². The zero-order valence-electron chi connectivity index (χ0n) is 14.2. The lowest BCUT2D eigenvalue weighted by Crippen LogP contribution is -1.81. The molecule has 0 saturated heterocycles. The summed E-state index contributed by atoms with van der Waals surface area (Å²) in [6.07, 6.45) is 17.2. The van der Waals surface area contributed by atoms with Crippen molar-refractivity contribution in [2.24, 2.45) is 0 Å². The average molecular weight is 298 g/mol. The van der Waals surface area contributed by atoms with Gasteiger partial charge in [-0.1, -0.05) is 74.8 Å². The molecule has 0 saturated carbocycles. The number of unbranched alkanes of at least 4 members (excludes halogenated alkanes) is 3. The lowest BCUT2D eigenvalue weighted by atomic mass is 10.1. The van der Waals surface area contributed by atoms with E-state index in [1.165, 1.54) is 43.2 Å². The van der Waals surface area contributed by atoms with E-state index in [2.05, 4.69) is 49.9 Å². The van der Waals surface area contributed by atoms with Gasteiger partial charge in [0.2, 0.25) is 0 Å². The second kappa shape index (κ2) is 11.9. The Morgan fingerprint density at radius 3 is 2.50 bits per heavy atom. The first-order valence-corrected chi connectivity index (χ1v) is 8.38. The van der Waals surface area contributed by atoms with Gasteiger partial charge in [0.15, 0.2) is 0 Å². The van der Waals surface area contributed by atoms with Crippen LogP contribution in [0, 0.1) is 0 Å². The van der Waals surface area contributed by atoms with Crippen LogP contribution < -0.4 is 4.74 Å². The third kappa shape index (κ3) is 8.51. The zero-order chi connectivity index (χ0) is 16.0. The molecule has 0 atom stereocenters. The Morgan fingerprint density at radius 1 is 1.05 bits per heavy atom. The topological polar surface area (TPSA) is 9.23 Å². The van der Waals surface area contributed by atoms with Crippen LogP contribution in [0.15, 0.2) is 54.6 Å². The lowest BCUT2D eigenvalue weighted by Gasteiger charge is -2.01. The largest absolute Gasteiger partial charge is 0.497 e. The Kier molecular flexibility index (Phi) is 9.85. The van der Waals surface area contributed by atoms with Gasteiger partial charge in [0, 0.05) is 0 Å². The Hall–Kier alpha value is -1.76. The third-order valence-electron chi connectivity index (χ3n) is 3.66. The quantitative estimate of drug-likeness (QED) is 0.331. The smallest absolute Gasteiger partial charge is 0.118 e. The fraction of sp³-hybridized carbons (Fsp3) is 0.429. The van der Waals surface area contributed by atoms with Gasteiger partial charge in [0.1, 0.15) is 5.75 Å². The van der Waals surface area contributed by atoms with Crippen molar-refractivity contribution < 1.29 is 4.74 Å². The molecule has 120 valence electrons. The first kappa shape index (κ1) is 18.3. The predicted octanol–water partition coefficient (Wildman–Crippen LogP) is 6.57. The lowest BCUT2D eigenvalue weighted by molar-refractivity contribution is 0.415. The molecule has 22 heavy (non-hydrogen) atoms. The molecule has 0 heterocycles. The fourth-order valence-corrected chi connectivity index (χ4v) is 2.25. The second-order valence-electron chi connectivity index (χ2n) is 5.65. The van der Waals surface area contributed by atoms with Crippen LogP contribution in [-0.4, -0.2) is 7.11 Å². The maximum atomic E-state index is 5.15. The highest BCUT2D eigenvalue weighted by atomic mass is 16.5. The molecule has 0 radical (unpaired) electrons. The maximum absolute atomic E-state index is 5.15. The Bertz CT molecular complexity index is 465. The molecule has 0 fully saturated rings. The van der Waals surface area contributed by atoms with Crippen LogP contribution >= 0.6 is 0 Å². The van der Waals surface area contributed by atoms with E-state index in [-0.39, 0.29) is 0 Å². The van der Waals surface area contributed by atoms with Crippen LogP contribution in [0.1, 0.15) is 57.4 Å². The Labute approximate surface area is 136 Å². The summed E-state index contributed by atoms with van der Waals surface area (Å²) in [5.41, 5.74) is 2.56. The van der Waals surface area contributed by atoms with Crippen LogP contribution in [0.5, 0.6) is 5.75 Å². The summed E-state index contributed by atoms with van der Waals surface area (Å²) in [4.78, 5) is 0. The van der Waals surface area contributed by atoms with Crippen LogP contribution in [0.2, 0.25) is 0 Å². The molecular formula is C21H30O. The van der Waals surface area contributed by atoms with Gasteiger partial charge in [-0.3, -0.25) is 0 Å². The first-order chi connectivity index (χ1) is 10.8. The minimum Gasteiger partial charge on any atom is -0.497 e. The van der Waals surface area contributed by atoms with Crippen LogP contribution in [-0.2, 0) is 0 Å².